The Morgan fingerprint density at radius 2 is 1.62 bits per heavy atom. The number of nitrogens with one attached hydrogen (secondary N) is 1. The van der Waals surface area contributed by atoms with E-state index in [2.05, 4.69) is 4.72 Å². The van der Waals surface area contributed by atoms with Crippen LogP contribution >= 0.6 is 11.6 Å². The van der Waals surface area contributed by atoms with Crippen molar-refractivity contribution >= 4 is 21.6 Å². The third kappa shape index (κ3) is 3.52. The highest BCUT2D eigenvalue weighted by Crippen LogP contribution is 2.32. The van der Waals surface area contributed by atoms with Crippen molar-refractivity contribution in [3.8, 4) is 0 Å². The molecule has 0 amide bonds. The van der Waals surface area contributed by atoms with Crippen molar-refractivity contribution < 1.29 is 21.6 Å². The summed E-state index contributed by atoms with van der Waals surface area (Å²) in [6.45, 7) is 0. The molecule has 21 heavy (non-hydrogen) atoms. The van der Waals surface area contributed by atoms with Crippen LogP contribution in [0.3, 0.4) is 0 Å². The number of hydrogen-bond acceptors (Lipinski definition) is 2. The SMILES string of the molecule is O=S(=O)(NC1(CCl)CCCCC1)c1c(F)cc(F)cc1F. The van der Waals surface area contributed by atoms with Crippen molar-refractivity contribution in [2.24, 2.45) is 0 Å². The summed E-state index contributed by atoms with van der Waals surface area (Å²) in [7, 11) is -4.46. The highest BCUT2D eigenvalue weighted by atomic mass is 35.5. The Balaban J connectivity index is 2.38. The molecule has 3 nitrogen and oxygen atoms in total. The van der Waals surface area contributed by atoms with Crippen molar-refractivity contribution in [1.29, 1.82) is 0 Å². The molecule has 0 unspecified atom stereocenters. The second kappa shape index (κ2) is 6.14. The van der Waals surface area contributed by atoms with Gasteiger partial charge in [0, 0.05) is 23.6 Å². The number of hydrogen-bond donors (Lipinski definition) is 1. The second-order valence-corrected chi connectivity index (χ2v) is 7.17. The molecule has 0 aliphatic heterocycles. The minimum Gasteiger partial charge on any atom is -0.207 e. The Hall–Kier alpha value is -0.790. The van der Waals surface area contributed by atoms with Gasteiger partial charge in [0.2, 0.25) is 10.0 Å². The third-order valence-electron chi connectivity index (χ3n) is 3.65. The molecule has 1 N–H and O–H groups in total. The molecule has 118 valence electrons. The molecule has 1 saturated carbocycles. The minimum atomic E-state index is -4.46. The van der Waals surface area contributed by atoms with Crippen LogP contribution in [0, 0.1) is 17.5 Å². The predicted molar refractivity (Wildman–Crippen MR) is 73.2 cm³/mol. The number of alkyl halides is 1. The van der Waals surface area contributed by atoms with Gasteiger partial charge in [-0.05, 0) is 12.8 Å². The zero-order valence-electron chi connectivity index (χ0n) is 11.1. The lowest BCUT2D eigenvalue weighted by Gasteiger charge is -2.36. The first-order valence-electron chi connectivity index (χ1n) is 6.54. The topological polar surface area (TPSA) is 46.2 Å². The van der Waals surface area contributed by atoms with E-state index >= 15 is 0 Å². The van der Waals surface area contributed by atoms with E-state index in [4.69, 9.17) is 11.6 Å². The van der Waals surface area contributed by atoms with Crippen LogP contribution in [0.25, 0.3) is 0 Å². The van der Waals surface area contributed by atoms with E-state index in [-0.39, 0.29) is 5.88 Å². The number of sulfonamides is 1. The Bertz CT molecular complexity index is 607. The van der Waals surface area contributed by atoms with E-state index in [1.807, 2.05) is 0 Å². The van der Waals surface area contributed by atoms with Gasteiger partial charge in [-0.15, -0.1) is 11.6 Å². The van der Waals surface area contributed by atoms with Crippen LogP contribution in [-0.2, 0) is 10.0 Å². The second-order valence-electron chi connectivity index (χ2n) is 5.28. The zero-order valence-corrected chi connectivity index (χ0v) is 12.7. The maximum absolute atomic E-state index is 13.7. The molecule has 1 aliphatic carbocycles. The van der Waals surface area contributed by atoms with Crippen molar-refractivity contribution in [3.05, 3.63) is 29.6 Å². The van der Waals surface area contributed by atoms with E-state index < -0.39 is 37.9 Å². The molecule has 0 spiro atoms. The van der Waals surface area contributed by atoms with Crippen LogP contribution in [0.4, 0.5) is 13.2 Å². The summed E-state index contributed by atoms with van der Waals surface area (Å²) in [5.74, 6) is -4.08. The van der Waals surface area contributed by atoms with Gasteiger partial charge in [0.1, 0.15) is 17.5 Å². The lowest BCUT2D eigenvalue weighted by molar-refractivity contribution is 0.297. The fourth-order valence-electron chi connectivity index (χ4n) is 2.61. The monoisotopic (exact) mass is 341 g/mol. The molecule has 0 saturated heterocycles. The van der Waals surface area contributed by atoms with Crippen LogP contribution in [-0.4, -0.2) is 19.8 Å². The van der Waals surface area contributed by atoms with E-state index in [9.17, 15) is 21.6 Å². The smallest absolute Gasteiger partial charge is 0.207 e. The van der Waals surface area contributed by atoms with E-state index in [1.165, 1.54) is 0 Å². The van der Waals surface area contributed by atoms with Gasteiger partial charge in [-0.25, -0.2) is 26.3 Å². The Labute approximate surface area is 126 Å². The summed E-state index contributed by atoms with van der Waals surface area (Å²) >= 11 is 5.86. The summed E-state index contributed by atoms with van der Waals surface area (Å²) in [5.41, 5.74) is -0.911. The highest BCUT2D eigenvalue weighted by molar-refractivity contribution is 7.89. The van der Waals surface area contributed by atoms with Gasteiger partial charge >= 0.3 is 0 Å². The van der Waals surface area contributed by atoms with Crippen molar-refractivity contribution in [1.82, 2.24) is 4.72 Å². The van der Waals surface area contributed by atoms with Crippen LogP contribution in [0.1, 0.15) is 32.1 Å². The molecule has 1 aliphatic rings. The average molecular weight is 342 g/mol. The molecule has 0 radical (unpaired) electrons. The summed E-state index contributed by atoms with van der Waals surface area (Å²) in [6.07, 6.45) is 3.52. The summed E-state index contributed by atoms with van der Waals surface area (Å²) in [5, 5.41) is 0. The molecule has 0 heterocycles. The average Bonchev–Trinajstić information content (AvgIpc) is 2.37. The van der Waals surface area contributed by atoms with Crippen LogP contribution < -0.4 is 4.72 Å². The van der Waals surface area contributed by atoms with Gasteiger partial charge < -0.3 is 0 Å². The zero-order chi connectivity index (χ0) is 15.7. The maximum Gasteiger partial charge on any atom is 0.246 e. The maximum atomic E-state index is 13.7. The number of benzene rings is 1. The summed E-state index contributed by atoms with van der Waals surface area (Å²) < 4.78 is 67.0. The Morgan fingerprint density at radius 1 is 1.10 bits per heavy atom. The van der Waals surface area contributed by atoms with Crippen LogP contribution in [0.2, 0.25) is 0 Å². The number of halogens is 4. The van der Waals surface area contributed by atoms with Crippen molar-refractivity contribution in [3.63, 3.8) is 0 Å². The third-order valence-corrected chi connectivity index (χ3v) is 5.79. The van der Waals surface area contributed by atoms with E-state index in [0.29, 0.717) is 25.0 Å². The van der Waals surface area contributed by atoms with Gasteiger partial charge in [-0.2, -0.15) is 0 Å². The van der Waals surface area contributed by atoms with Gasteiger partial charge in [0.05, 0.1) is 0 Å². The lowest BCUT2D eigenvalue weighted by atomic mass is 9.84. The first kappa shape index (κ1) is 16.6. The molecule has 1 aromatic rings. The lowest BCUT2D eigenvalue weighted by Crippen LogP contribution is -2.51. The van der Waals surface area contributed by atoms with Crippen LogP contribution in [0.15, 0.2) is 17.0 Å². The Morgan fingerprint density at radius 3 is 2.10 bits per heavy atom. The summed E-state index contributed by atoms with van der Waals surface area (Å²) in [4.78, 5) is -1.17. The Kier molecular flexibility index (Phi) is 4.85. The normalized spacial score (nSPS) is 18.7. The molecular weight excluding hydrogens is 327 g/mol. The first-order chi connectivity index (χ1) is 9.80. The van der Waals surface area contributed by atoms with E-state index in [0.717, 1.165) is 19.3 Å². The largest absolute Gasteiger partial charge is 0.246 e. The standard InChI is InChI=1S/C13H15ClF3NO2S/c14-8-13(4-2-1-3-5-13)18-21(19,20)12-10(16)6-9(15)7-11(12)17/h6-7,18H,1-5,8H2. The molecule has 8 heteroatoms. The number of rotatable bonds is 4. The summed E-state index contributed by atoms with van der Waals surface area (Å²) in [6, 6.07) is 0.678. The van der Waals surface area contributed by atoms with Gasteiger partial charge in [0.25, 0.3) is 0 Å². The van der Waals surface area contributed by atoms with Crippen molar-refractivity contribution in [2.75, 3.05) is 5.88 Å². The highest BCUT2D eigenvalue weighted by Gasteiger charge is 2.38. The minimum absolute atomic E-state index is 0.0106. The molecule has 0 bridgehead atoms. The van der Waals surface area contributed by atoms with E-state index in [1.54, 1.807) is 0 Å². The van der Waals surface area contributed by atoms with Crippen molar-refractivity contribution in [2.45, 2.75) is 42.5 Å². The fourth-order valence-corrected chi connectivity index (χ4v) is 4.61. The molecular formula is C13H15ClF3NO2S. The fraction of sp³-hybridized carbons (Fsp3) is 0.538. The quantitative estimate of drug-likeness (QED) is 0.854. The van der Waals surface area contributed by atoms with Gasteiger partial charge in [0.15, 0.2) is 4.90 Å². The molecule has 0 atom stereocenters. The van der Waals surface area contributed by atoms with Gasteiger partial charge in [-0.3, -0.25) is 0 Å². The predicted octanol–water partition coefficient (Wildman–Crippen LogP) is 3.32. The van der Waals surface area contributed by atoms with Gasteiger partial charge in [-0.1, -0.05) is 19.3 Å². The molecule has 1 aromatic carbocycles. The molecule has 0 aromatic heterocycles. The molecule has 1 fully saturated rings. The van der Waals surface area contributed by atoms with Crippen LogP contribution in [0.5, 0.6) is 0 Å². The molecule has 2 rings (SSSR count). The first-order valence-corrected chi connectivity index (χ1v) is 8.56.